The van der Waals surface area contributed by atoms with E-state index in [-0.39, 0.29) is 69.2 Å². The number of hydrogen-bond acceptors (Lipinski definition) is 16. The van der Waals surface area contributed by atoms with E-state index >= 15 is 0 Å². The van der Waals surface area contributed by atoms with Crippen LogP contribution in [-0.2, 0) is 89.6 Å². The number of likely N-dealkylation sites (tertiary alicyclic amines) is 1. The molecule has 28 nitrogen and oxygen atoms in total. The quantitative estimate of drug-likeness (QED) is 0.0250. The third-order valence-electron chi connectivity index (χ3n) is 17.9. The van der Waals surface area contributed by atoms with Gasteiger partial charge in [0.15, 0.2) is 0 Å². The smallest absolute Gasteiger partial charge is 0.247 e. The van der Waals surface area contributed by atoms with E-state index < -0.39 is 144 Å². The van der Waals surface area contributed by atoms with Crippen molar-refractivity contribution in [2.24, 2.45) is 23.3 Å². The number of aliphatic hydroxyl groups excluding tert-OH is 1. The molecule has 0 aliphatic carbocycles. The number of carbonyl (C=O) groups is 12. The van der Waals surface area contributed by atoms with Gasteiger partial charge >= 0.3 is 0 Å². The van der Waals surface area contributed by atoms with Crippen LogP contribution in [0.5, 0.6) is 5.75 Å². The number of amides is 12. The van der Waals surface area contributed by atoms with E-state index in [0.29, 0.717) is 59.0 Å². The number of fused-ring (bicyclic) bond motifs is 1. The summed E-state index contributed by atoms with van der Waals surface area (Å²) >= 11 is 6.26. The van der Waals surface area contributed by atoms with Crippen LogP contribution in [0.2, 0.25) is 5.02 Å². The number of primary amides is 2. The van der Waals surface area contributed by atoms with Crippen LogP contribution in [0.3, 0.4) is 0 Å². The summed E-state index contributed by atoms with van der Waals surface area (Å²) < 4.78 is 0. The number of halogens is 1. The Morgan fingerprint density at radius 1 is 0.581 bits per heavy atom. The SMILES string of the molecule is CC(=O)N[C@H](Cc1ccc2cc(CC(C)C)ccc2c1)C(=O)N[C@H](Cc1ccc(Cl)cc1)C(=O)N[C@H](Cc1cccnc1)C(=O)N[C@@H](CO)C(=O)N(C)[C@@H](Cc1ccc(O)cc1)C(=O)N[C@H](CC(N)=O)C(=O)N[C@@H](CC(C)C)C(=O)N[C@@H](CCCCNC(C)C)C(=O)N1CCC[C@H]1C(=O)N[C@H](C)C(N)=O. The molecule has 12 amide bonds. The van der Waals surface area contributed by atoms with Gasteiger partial charge in [-0.05, 0) is 139 Å². The maximum Gasteiger partial charge on any atom is 0.247 e. The molecule has 2 heterocycles. The van der Waals surface area contributed by atoms with Crippen molar-refractivity contribution in [1.82, 2.24) is 62.6 Å². The van der Waals surface area contributed by atoms with Crippen LogP contribution in [0.15, 0.2) is 109 Å². The Labute approximate surface area is 617 Å². The third-order valence-corrected chi connectivity index (χ3v) is 18.1. The minimum Gasteiger partial charge on any atom is -0.508 e. The molecule has 10 atom stereocenters. The highest BCUT2D eigenvalue weighted by atomic mass is 35.5. The predicted molar refractivity (Wildman–Crippen MR) is 396 cm³/mol. The van der Waals surface area contributed by atoms with Crippen molar-refractivity contribution in [3.8, 4) is 5.75 Å². The van der Waals surface area contributed by atoms with E-state index in [1.54, 1.807) is 50.2 Å². The van der Waals surface area contributed by atoms with E-state index in [1.807, 2.05) is 44.2 Å². The number of benzene rings is 4. The van der Waals surface area contributed by atoms with Gasteiger partial charge in [0.2, 0.25) is 70.9 Å². The Hall–Kier alpha value is -10.1. The molecule has 5 aromatic rings. The van der Waals surface area contributed by atoms with Crippen molar-refractivity contribution in [2.75, 3.05) is 26.7 Å². The highest BCUT2D eigenvalue weighted by Gasteiger charge is 2.41. The van der Waals surface area contributed by atoms with Crippen LogP contribution in [-0.4, -0.2) is 189 Å². The molecule has 4 aromatic carbocycles. The second-order valence-electron chi connectivity index (χ2n) is 28.1. The van der Waals surface area contributed by atoms with Crippen LogP contribution >= 0.6 is 11.6 Å². The lowest BCUT2D eigenvalue weighted by Crippen LogP contribution is -2.62. The first-order valence-electron chi connectivity index (χ1n) is 35.6. The van der Waals surface area contributed by atoms with Gasteiger partial charge in [-0.25, -0.2) is 0 Å². The molecule has 1 aliphatic heterocycles. The highest BCUT2D eigenvalue weighted by molar-refractivity contribution is 6.30. The number of nitrogens with one attached hydrogen (secondary N) is 9. The number of carbonyl (C=O) groups excluding carboxylic acids is 12. The first kappa shape index (κ1) is 83.9. The number of likely N-dealkylation sites (N-methyl/N-ethyl adjacent to an activating group) is 1. The molecule has 1 fully saturated rings. The molecule has 0 unspecified atom stereocenters. The van der Waals surface area contributed by atoms with E-state index in [0.717, 1.165) is 22.1 Å². The summed E-state index contributed by atoms with van der Waals surface area (Å²) in [5, 5.41) is 48.1. The second kappa shape index (κ2) is 40.8. The van der Waals surface area contributed by atoms with E-state index in [9.17, 15) is 67.7 Å². The van der Waals surface area contributed by atoms with Gasteiger partial charge in [-0.1, -0.05) is 120 Å². The average Bonchev–Trinajstić information content (AvgIpc) is 1.79. The molecule has 0 bridgehead atoms. The van der Waals surface area contributed by atoms with Crippen LogP contribution in [0.4, 0.5) is 0 Å². The summed E-state index contributed by atoms with van der Waals surface area (Å²) in [6.45, 7) is 14.1. The van der Waals surface area contributed by atoms with Gasteiger partial charge in [0, 0.05) is 69.7 Å². The molecule has 1 saturated heterocycles. The molecule has 0 saturated carbocycles. The number of rotatable bonds is 40. The summed E-state index contributed by atoms with van der Waals surface area (Å²) in [5.74, 6) is -10.2. The van der Waals surface area contributed by atoms with Crippen molar-refractivity contribution >= 4 is 93.3 Å². The van der Waals surface area contributed by atoms with E-state index in [1.165, 1.54) is 68.0 Å². The normalized spacial score (nSPS) is 15.4. The lowest BCUT2D eigenvalue weighted by atomic mass is 9.97. The summed E-state index contributed by atoms with van der Waals surface area (Å²) in [6, 6.07) is 13.2. The number of phenols is 1. The summed E-state index contributed by atoms with van der Waals surface area (Å²) in [7, 11) is 1.18. The Morgan fingerprint density at radius 3 is 1.65 bits per heavy atom. The Balaban J connectivity index is 1.25. The van der Waals surface area contributed by atoms with Gasteiger partial charge in [-0.15, -0.1) is 0 Å². The number of unbranched alkanes of at least 4 members (excludes halogenated alkanes) is 1. The first-order chi connectivity index (χ1) is 49.8. The lowest BCUT2D eigenvalue weighted by molar-refractivity contribution is -0.144. The van der Waals surface area contributed by atoms with Gasteiger partial charge in [0.1, 0.15) is 66.2 Å². The fourth-order valence-electron chi connectivity index (χ4n) is 12.4. The monoisotopic (exact) mass is 1470 g/mol. The van der Waals surface area contributed by atoms with Crippen LogP contribution in [0.25, 0.3) is 10.8 Å². The zero-order valence-corrected chi connectivity index (χ0v) is 61.9. The van der Waals surface area contributed by atoms with Gasteiger partial charge in [-0.2, -0.15) is 0 Å². The molecule has 6 rings (SSSR count). The lowest BCUT2D eigenvalue weighted by Gasteiger charge is -2.32. The van der Waals surface area contributed by atoms with Crippen molar-refractivity contribution in [1.29, 1.82) is 0 Å². The molecular weight excluding hydrogens is 1370 g/mol. The molecule has 568 valence electrons. The Morgan fingerprint density at radius 2 is 1.10 bits per heavy atom. The van der Waals surface area contributed by atoms with Gasteiger partial charge in [0.25, 0.3) is 0 Å². The zero-order chi connectivity index (χ0) is 77.2. The molecular formula is C76H103ClN14O14. The van der Waals surface area contributed by atoms with Gasteiger partial charge in [0.05, 0.1) is 13.0 Å². The number of pyridine rings is 1. The van der Waals surface area contributed by atoms with Crippen molar-refractivity contribution < 1.29 is 67.7 Å². The molecule has 1 aromatic heterocycles. The number of aliphatic hydroxyl groups is 1. The molecule has 0 radical (unpaired) electrons. The number of phenolic OH excluding ortho intramolecular Hbond substituents is 1. The van der Waals surface area contributed by atoms with Crippen molar-refractivity contribution in [2.45, 2.75) is 199 Å². The predicted octanol–water partition coefficient (Wildman–Crippen LogP) is 2.37. The molecule has 0 spiro atoms. The van der Waals surface area contributed by atoms with Gasteiger partial charge in [-0.3, -0.25) is 62.5 Å². The fraction of sp³-hybridized carbons (Fsp3) is 0.487. The third kappa shape index (κ3) is 26.9. The van der Waals surface area contributed by atoms with E-state index in [2.05, 4.69) is 72.7 Å². The van der Waals surface area contributed by atoms with E-state index in [4.69, 9.17) is 23.1 Å². The minimum absolute atomic E-state index is 0.0245. The standard InChI is InChI=1S/C76H103ClN14O14/c1-43(2)32-50-17-23-54-35-51(18-24-53(54)34-50)37-59(83-47(8)93)69(98)86-60(36-48-19-25-55(77)26-20-48)70(99)87-61(38-52-14-12-29-80-41-52)71(100)89-63(42-92)75(104)90(9)65(39-49-21-27-56(94)28-22-49)74(103)88-62(40-66(78)95)72(101)85-58(33-44(3)4)68(97)84-57(15-10-11-30-81-45(5)6)76(105)91-31-13-16-64(91)73(102)82-46(7)67(79)96/h12,14,17-29,34-35,41,43-46,57-65,81,92,94H,10-11,13,15-16,30-33,36-40,42H2,1-9H3,(H2,78,95)(H2,79,96)(H,82,102)(H,83,93)(H,84,97)(H,85,101)(H,86,98)(H,87,99)(H,88,103)(H,89,100)/t46-,57+,58+,59-,60-,61-,62-,63+,64+,65+/m1/s1. The van der Waals surface area contributed by atoms with Crippen LogP contribution < -0.4 is 59.3 Å². The van der Waals surface area contributed by atoms with Crippen molar-refractivity contribution in [3.63, 3.8) is 0 Å². The number of nitrogens with zero attached hydrogens (tertiary/aromatic N) is 3. The molecule has 105 heavy (non-hydrogen) atoms. The second-order valence-corrected chi connectivity index (χ2v) is 28.5. The van der Waals surface area contributed by atoms with Gasteiger partial charge < -0.3 is 79.3 Å². The van der Waals surface area contributed by atoms with Crippen LogP contribution in [0.1, 0.15) is 128 Å². The topological polar surface area (TPSA) is 425 Å². The first-order valence-corrected chi connectivity index (χ1v) is 36.0. The Bertz CT molecular complexity index is 3830. The van der Waals surface area contributed by atoms with Crippen molar-refractivity contribution in [3.05, 3.63) is 142 Å². The summed E-state index contributed by atoms with van der Waals surface area (Å²) in [5.41, 5.74) is 14.3. The maximum absolute atomic E-state index is 15.0. The summed E-state index contributed by atoms with van der Waals surface area (Å²) in [6.07, 6.45) is 4.12. The number of nitrogens with two attached hydrogens (primary N) is 2. The maximum atomic E-state index is 15.0. The highest BCUT2D eigenvalue weighted by Crippen LogP contribution is 2.24. The largest absolute Gasteiger partial charge is 0.508 e. The molecule has 29 heteroatoms. The average molecular weight is 1470 g/mol. The fourth-order valence-corrected chi connectivity index (χ4v) is 12.5. The molecule has 15 N–H and O–H groups in total. The number of aromatic hydroxyl groups is 1. The number of hydrogen-bond donors (Lipinski definition) is 13. The van der Waals surface area contributed by atoms with Crippen LogP contribution in [0, 0.1) is 11.8 Å². The summed E-state index contributed by atoms with van der Waals surface area (Å²) in [4.78, 5) is 175. The zero-order valence-electron chi connectivity index (χ0n) is 61.2. The molecule has 1 aliphatic rings. The Kier molecular flexibility index (Phi) is 32.6. The minimum atomic E-state index is -1.85. The number of aromatic nitrogens is 1.